The standard InChI is InChI=1S/C22H27NO4/c1-7-8-16-12-17(13-20(26-5)21(16)27-6)22(24)23(3)14-18-11-15(2)9-10-19(18)25-4/h7-13H,14H2,1-6H3/b8-7+. The summed E-state index contributed by atoms with van der Waals surface area (Å²) in [5.74, 6) is 1.79. The summed E-state index contributed by atoms with van der Waals surface area (Å²) in [6, 6.07) is 9.46. The van der Waals surface area contributed by atoms with Crippen LogP contribution in [0.5, 0.6) is 17.2 Å². The van der Waals surface area contributed by atoms with Crippen LogP contribution in [0.25, 0.3) is 6.08 Å². The van der Waals surface area contributed by atoms with E-state index < -0.39 is 0 Å². The zero-order chi connectivity index (χ0) is 20.0. The Morgan fingerprint density at radius 1 is 1.04 bits per heavy atom. The molecule has 0 N–H and O–H groups in total. The molecule has 5 heteroatoms. The highest BCUT2D eigenvalue weighted by molar-refractivity contribution is 5.95. The van der Waals surface area contributed by atoms with Crippen molar-refractivity contribution in [1.82, 2.24) is 4.90 Å². The lowest BCUT2D eigenvalue weighted by atomic mass is 10.1. The molecule has 0 heterocycles. The van der Waals surface area contributed by atoms with Crippen LogP contribution in [-0.2, 0) is 6.54 Å². The zero-order valence-electron chi connectivity index (χ0n) is 16.8. The minimum absolute atomic E-state index is 0.106. The van der Waals surface area contributed by atoms with E-state index in [9.17, 15) is 4.79 Å². The lowest BCUT2D eigenvalue weighted by Crippen LogP contribution is -2.26. The Balaban J connectivity index is 2.36. The fourth-order valence-electron chi connectivity index (χ4n) is 3.00. The van der Waals surface area contributed by atoms with E-state index in [0.29, 0.717) is 23.6 Å². The highest BCUT2D eigenvalue weighted by atomic mass is 16.5. The number of aryl methyl sites for hydroxylation is 1. The number of benzene rings is 2. The average molecular weight is 369 g/mol. The molecule has 2 rings (SSSR count). The molecule has 0 saturated carbocycles. The molecule has 0 saturated heterocycles. The molecule has 0 spiro atoms. The van der Waals surface area contributed by atoms with Gasteiger partial charge in [0.15, 0.2) is 11.5 Å². The van der Waals surface area contributed by atoms with Crippen molar-refractivity contribution >= 4 is 12.0 Å². The first-order chi connectivity index (χ1) is 12.9. The SMILES string of the molecule is C/C=C/c1cc(C(=O)N(C)Cc2cc(C)ccc2OC)cc(OC)c1OC. The van der Waals surface area contributed by atoms with Crippen LogP contribution in [0, 0.1) is 6.92 Å². The molecule has 0 bridgehead atoms. The number of hydrogen-bond acceptors (Lipinski definition) is 4. The Kier molecular flexibility index (Phi) is 6.88. The molecule has 2 aromatic carbocycles. The predicted octanol–water partition coefficient (Wildman–Crippen LogP) is 4.33. The maximum absolute atomic E-state index is 13.0. The van der Waals surface area contributed by atoms with Crippen LogP contribution in [0.15, 0.2) is 36.4 Å². The lowest BCUT2D eigenvalue weighted by Gasteiger charge is -2.20. The van der Waals surface area contributed by atoms with Gasteiger partial charge in [-0.2, -0.15) is 0 Å². The van der Waals surface area contributed by atoms with Crippen LogP contribution >= 0.6 is 0 Å². The largest absolute Gasteiger partial charge is 0.496 e. The first-order valence-electron chi connectivity index (χ1n) is 8.72. The highest BCUT2D eigenvalue weighted by Crippen LogP contribution is 2.34. The van der Waals surface area contributed by atoms with E-state index in [-0.39, 0.29) is 5.91 Å². The molecule has 0 aliphatic rings. The topological polar surface area (TPSA) is 48.0 Å². The first kappa shape index (κ1) is 20.4. The molecule has 27 heavy (non-hydrogen) atoms. The lowest BCUT2D eigenvalue weighted by molar-refractivity contribution is 0.0783. The molecule has 144 valence electrons. The number of carbonyl (C=O) groups excluding carboxylic acids is 1. The van der Waals surface area contributed by atoms with Gasteiger partial charge < -0.3 is 19.1 Å². The van der Waals surface area contributed by atoms with Gasteiger partial charge in [0.2, 0.25) is 0 Å². The zero-order valence-corrected chi connectivity index (χ0v) is 16.8. The van der Waals surface area contributed by atoms with Gasteiger partial charge in [0.25, 0.3) is 5.91 Å². The summed E-state index contributed by atoms with van der Waals surface area (Å²) >= 11 is 0. The summed E-state index contributed by atoms with van der Waals surface area (Å²) in [5, 5.41) is 0. The summed E-state index contributed by atoms with van der Waals surface area (Å²) in [6.07, 6.45) is 3.79. The second kappa shape index (κ2) is 9.12. The summed E-state index contributed by atoms with van der Waals surface area (Å²) in [5.41, 5.74) is 3.41. The molecule has 0 aromatic heterocycles. The van der Waals surface area contributed by atoms with Gasteiger partial charge in [0.05, 0.1) is 21.3 Å². The quantitative estimate of drug-likeness (QED) is 0.729. The number of carbonyl (C=O) groups is 1. The fraction of sp³-hybridized carbons (Fsp3) is 0.318. The van der Waals surface area contributed by atoms with Crippen molar-refractivity contribution in [3.8, 4) is 17.2 Å². The van der Waals surface area contributed by atoms with E-state index >= 15 is 0 Å². The van der Waals surface area contributed by atoms with Crippen LogP contribution in [0.4, 0.5) is 0 Å². The molecule has 0 radical (unpaired) electrons. The average Bonchev–Trinajstić information content (AvgIpc) is 2.67. The first-order valence-corrected chi connectivity index (χ1v) is 8.72. The third-order valence-electron chi connectivity index (χ3n) is 4.29. The summed E-state index contributed by atoms with van der Waals surface area (Å²) < 4.78 is 16.3. The Bertz CT molecular complexity index is 842. The molecule has 0 aliphatic carbocycles. The van der Waals surface area contributed by atoms with Crippen molar-refractivity contribution in [3.63, 3.8) is 0 Å². The van der Waals surface area contributed by atoms with E-state index in [1.807, 2.05) is 50.3 Å². The molecular weight excluding hydrogens is 342 g/mol. The minimum atomic E-state index is -0.106. The number of amides is 1. The maximum Gasteiger partial charge on any atom is 0.254 e. The number of hydrogen-bond donors (Lipinski definition) is 0. The van der Waals surface area contributed by atoms with Crippen molar-refractivity contribution < 1.29 is 19.0 Å². The number of rotatable bonds is 7. The second-order valence-corrected chi connectivity index (χ2v) is 6.28. The number of methoxy groups -OCH3 is 3. The molecule has 0 atom stereocenters. The van der Waals surface area contributed by atoms with Gasteiger partial charge in [-0.3, -0.25) is 4.79 Å². The van der Waals surface area contributed by atoms with Crippen LogP contribution in [-0.4, -0.2) is 39.2 Å². The van der Waals surface area contributed by atoms with Crippen LogP contribution in [0.2, 0.25) is 0 Å². The molecule has 1 amide bonds. The Morgan fingerprint density at radius 2 is 1.74 bits per heavy atom. The third kappa shape index (κ3) is 4.61. The van der Waals surface area contributed by atoms with Gasteiger partial charge in [-0.15, -0.1) is 0 Å². The van der Waals surface area contributed by atoms with Gasteiger partial charge in [-0.1, -0.05) is 29.8 Å². The number of nitrogens with zero attached hydrogens (tertiary/aromatic N) is 1. The monoisotopic (exact) mass is 369 g/mol. The summed E-state index contributed by atoms with van der Waals surface area (Å²) in [6.45, 7) is 4.37. The second-order valence-electron chi connectivity index (χ2n) is 6.28. The highest BCUT2D eigenvalue weighted by Gasteiger charge is 2.19. The van der Waals surface area contributed by atoms with E-state index in [2.05, 4.69) is 0 Å². The minimum Gasteiger partial charge on any atom is -0.496 e. The number of allylic oxidation sites excluding steroid dienone is 1. The van der Waals surface area contributed by atoms with Crippen molar-refractivity contribution in [2.75, 3.05) is 28.4 Å². The van der Waals surface area contributed by atoms with Crippen LogP contribution in [0.1, 0.15) is 34.0 Å². The third-order valence-corrected chi connectivity index (χ3v) is 4.29. The summed E-state index contributed by atoms with van der Waals surface area (Å²) in [7, 11) is 6.55. The van der Waals surface area contributed by atoms with Crippen molar-refractivity contribution in [2.45, 2.75) is 20.4 Å². The molecular formula is C22H27NO4. The normalized spacial score (nSPS) is 10.7. The molecule has 0 fully saturated rings. The Hall–Kier alpha value is -2.95. The van der Waals surface area contributed by atoms with E-state index in [1.165, 1.54) is 0 Å². The van der Waals surface area contributed by atoms with E-state index in [1.54, 1.807) is 39.3 Å². The van der Waals surface area contributed by atoms with E-state index in [4.69, 9.17) is 14.2 Å². The van der Waals surface area contributed by atoms with Gasteiger partial charge in [0, 0.05) is 30.3 Å². The van der Waals surface area contributed by atoms with Gasteiger partial charge in [0.1, 0.15) is 5.75 Å². The van der Waals surface area contributed by atoms with Gasteiger partial charge >= 0.3 is 0 Å². The van der Waals surface area contributed by atoms with Gasteiger partial charge in [-0.05, 0) is 32.0 Å². The Labute approximate surface area is 161 Å². The Morgan fingerprint density at radius 3 is 2.33 bits per heavy atom. The molecule has 5 nitrogen and oxygen atoms in total. The maximum atomic E-state index is 13.0. The summed E-state index contributed by atoms with van der Waals surface area (Å²) in [4.78, 5) is 14.7. The predicted molar refractivity (Wildman–Crippen MR) is 108 cm³/mol. The van der Waals surface area contributed by atoms with Crippen molar-refractivity contribution in [2.24, 2.45) is 0 Å². The molecule has 0 aliphatic heterocycles. The van der Waals surface area contributed by atoms with E-state index in [0.717, 1.165) is 22.4 Å². The molecule has 2 aromatic rings. The van der Waals surface area contributed by atoms with Crippen LogP contribution < -0.4 is 14.2 Å². The molecule has 0 unspecified atom stereocenters. The smallest absolute Gasteiger partial charge is 0.254 e. The fourth-order valence-corrected chi connectivity index (χ4v) is 3.00. The number of ether oxygens (including phenoxy) is 3. The van der Waals surface area contributed by atoms with Gasteiger partial charge in [-0.25, -0.2) is 0 Å². The van der Waals surface area contributed by atoms with Crippen molar-refractivity contribution in [1.29, 1.82) is 0 Å². The van der Waals surface area contributed by atoms with Crippen molar-refractivity contribution in [3.05, 3.63) is 58.7 Å². The van der Waals surface area contributed by atoms with Crippen LogP contribution in [0.3, 0.4) is 0 Å².